The van der Waals surface area contributed by atoms with Crippen LogP contribution in [0, 0.1) is 17.8 Å². The molecule has 0 radical (unpaired) electrons. The molecule has 0 spiro atoms. The van der Waals surface area contributed by atoms with Gasteiger partial charge in [-0.15, -0.1) is 0 Å². The van der Waals surface area contributed by atoms with Crippen LogP contribution in [0.4, 0.5) is 5.69 Å². The molecule has 1 aliphatic heterocycles. The maximum Gasteiger partial charge on any atom is 0.308 e. The van der Waals surface area contributed by atoms with Crippen LogP contribution in [-0.4, -0.2) is 59.5 Å². The van der Waals surface area contributed by atoms with Gasteiger partial charge in [-0.1, -0.05) is 53.2 Å². The number of benzene rings is 1. The first-order valence-electron chi connectivity index (χ1n) is 14.4. The zero-order valence-corrected chi connectivity index (χ0v) is 24.8. The van der Waals surface area contributed by atoms with E-state index in [4.69, 9.17) is 4.74 Å². The minimum absolute atomic E-state index is 0.103. The number of esters is 1. The molecular formula is C30H44N4O7. The second kappa shape index (κ2) is 16.5. The SMILES string of the molecule is CCC1CC(=O)N(CCCCCC(=O)NC(C(=O)NCC(=O)Nc2ccc(COC(=O)C(C)C)cc2)C(C)C)C1=O. The Kier molecular flexibility index (Phi) is 13.5. The molecule has 0 aliphatic carbocycles. The molecule has 5 amide bonds. The van der Waals surface area contributed by atoms with E-state index in [0.29, 0.717) is 37.9 Å². The lowest BCUT2D eigenvalue weighted by Crippen LogP contribution is -2.51. The van der Waals surface area contributed by atoms with Gasteiger partial charge in [-0.3, -0.25) is 33.7 Å². The Morgan fingerprint density at radius 3 is 2.24 bits per heavy atom. The number of carbonyl (C=O) groups is 6. The summed E-state index contributed by atoms with van der Waals surface area (Å²) >= 11 is 0. The summed E-state index contributed by atoms with van der Waals surface area (Å²) in [5.74, 6) is -2.29. The van der Waals surface area contributed by atoms with Gasteiger partial charge in [0.15, 0.2) is 0 Å². The zero-order valence-electron chi connectivity index (χ0n) is 24.8. The molecule has 0 bridgehead atoms. The van der Waals surface area contributed by atoms with Crippen molar-refractivity contribution in [3.8, 4) is 0 Å². The number of carbonyl (C=O) groups excluding carboxylic acids is 6. The lowest BCUT2D eigenvalue weighted by Gasteiger charge is -2.21. The van der Waals surface area contributed by atoms with Crippen molar-refractivity contribution in [2.24, 2.45) is 17.8 Å². The number of unbranched alkanes of at least 4 members (excludes halogenated alkanes) is 2. The first kappa shape index (κ1) is 33.4. The molecule has 2 unspecified atom stereocenters. The van der Waals surface area contributed by atoms with Crippen LogP contribution in [0.2, 0.25) is 0 Å². The summed E-state index contributed by atoms with van der Waals surface area (Å²) in [6, 6.07) is 6.03. The highest BCUT2D eigenvalue weighted by Crippen LogP contribution is 2.22. The van der Waals surface area contributed by atoms with Gasteiger partial charge in [-0.2, -0.15) is 0 Å². The molecule has 3 N–H and O–H groups in total. The van der Waals surface area contributed by atoms with Gasteiger partial charge >= 0.3 is 5.97 Å². The van der Waals surface area contributed by atoms with Gasteiger partial charge in [0, 0.05) is 31.0 Å². The average molecular weight is 573 g/mol. The van der Waals surface area contributed by atoms with E-state index in [-0.39, 0.29) is 67.4 Å². The number of nitrogens with zero attached hydrogens (tertiary/aromatic N) is 1. The first-order valence-corrected chi connectivity index (χ1v) is 14.4. The van der Waals surface area contributed by atoms with E-state index in [1.165, 1.54) is 4.90 Å². The number of amides is 5. The van der Waals surface area contributed by atoms with Gasteiger partial charge in [0.1, 0.15) is 12.6 Å². The average Bonchev–Trinajstić information content (AvgIpc) is 3.21. The summed E-state index contributed by atoms with van der Waals surface area (Å²) in [7, 11) is 0. The third kappa shape index (κ3) is 11.0. The van der Waals surface area contributed by atoms with Gasteiger partial charge < -0.3 is 20.7 Å². The molecule has 1 aromatic carbocycles. The highest BCUT2D eigenvalue weighted by molar-refractivity contribution is 6.03. The van der Waals surface area contributed by atoms with E-state index in [0.717, 1.165) is 5.56 Å². The predicted molar refractivity (Wildman–Crippen MR) is 153 cm³/mol. The topological polar surface area (TPSA) is 151 Å². The standard InChI is InChI=1S/C30H44N4O7/c1-6-22-16-26(37)34(29(22)39)15-9-7-8-10-24(35)33-27(19(2)3)28(38)31-17-25(36)32-23-13-11-21(12-14-23)18-41-30(40)20(4)5/h11-14,19-20,22,27H,6-10,15-18H2,1-5H3,(H,31,38)(H,32,36)(H,33,35). The first-order chi connectivity index (χ1) is 19.4. The van der Waals surface area contributed by atoms with Crippen molar-refractivity contribution in [2.45, 2.75) is 85.8 Å². The second-order valence-electron chi connectivity index (χ2n) is 11.0. The van der Waals surface area contributed by atoms with Gasteiger partial charge in [-0.25, -0.2) is 0 Å². The maximum atomic E-state index is 12.7. The van der Waals surface area contributed by atoms with Crippen LogP contribution < -0.4 is 16.0 Å². The van der Waals surface area contributed by atoms with Crippen LogP contribution in [0.5, 0.6) is 0 Å². The highest BCUT2D eigenvalue weighted by atomic mass is 16.5. The molecular weight excluding hydrogens is 528 g/mol. The lowest BCUT2D eigenvalue weighted by molar-refractivity contribution is -0.148. The third-order valence-corrected chi connectivity index (χ3v) is 6.89. The smallest absolute Gasteiger partial charge is 0.308 e. The Bertz CT molecular complexity index is 1080. The fraction of sp³-hybridized carbons (Fsp3) is 0.600. The molecule has 1 fully saturated rings. The van der Waals surface area contributed by atoms with Crippen LogP contribution in [0.1, 0.15) is 78.7 Å². The molecule has 0 aromatic heterocycles. The number of rotatable bonds is 16. The number of imide groups is 1. The zero-order chi connectivity index (χ0) is 30.5. The third-order valence-electron chi connectivity index (χ3n) is 6.89. The molecule has 1 aromatic rings. The summed E-state index contributed by atoms with van der Waals surface area (Å²) in [6.07, 6.45) is 3.01. The van der Waals surface area contributed by atoms with Gasteiger partial charge in [0.2, 0.25) is 29.5 Å². The van der Waals surface area contributed by atoms with E-state index in [1.807, 2.05) is 6.92 Å². The summed E-state index contributed by atoms with van der Waals surface area (Å²) < 4.78 is 5.18. The molecule has 0 saturated carbocycles. The molecule has 2 rings (SSSR count). The highest BCUT2D eigenvalue weighted by Gasteiger charge is 2.36. The Morgan fingerprint density at radius 2 is 1.66 bits per heavy atom. The molecule has 11 heteroatoms. The summed E-state index contributed by atoms with van der Waals surface area (Å²) in [5.41, 5.74) is 1.31. The largest absolute Gasteiger partial charge is 0.461 e. The Morgan fingerprint density at radius 1 is 0.976 bits per heavy atom. The molecule has 41 heavy (non-hydrogen) atoms. The van der Waals surface area contributed by atoms with E-state index in [9.17, 15) is 28.8 Å². The quantitative estimate of drug-likeness (QED) is 0.157. The van der Waals surface area contributed by atoms with E-state index < -0.39 is 17.9 Å². The lowest BCUT2D eigenvalue weighted by atomic mass is 10.0. The normalized spacial score (nSPS) is 15.7. The Balaban J connectivity index is 1.70. The van der Waals surface area contributed by atoms with Crippen molar-refractivity contribution < 1.29 is 33.5 Å². The summed E-state index contributed by atoms with van der Waals surface area (Å²) in [6.45, 7) is 9.27. The molecule has 1 aliphatic rings. The second-order valence-corrected chi connectivity index (χ2v) is 11.0. The van der Waals surface area contributed by atoms with Crippen molar-refractivity contribution >= 4 is 41.2 Å². The Labute approximate surface area is 242 Å². The molecule has 2 atom stereocenters. The van der Waals surface area contributed by atoms with Crippen molar-refractivity contribution in [3.63, 3.8) is 0 Å². The fourth-order valence-electron chi connectivity index (χ4n) is 4.31. The summed E-state index contributed by atoms with van der Waals surface area (Å²) in [4.78, 5) is 74.6. The van der Waals surface area contributed by atoms with E-state index in [1.54, 1.807) is 52.0 Å². The van der Waals surface area contributed by atoms with Crippen molar-refractivity contribution in [1.82, 2.24) is 15.5 Å². The summed E-state index contributed by atoms with van der Waals surface area (Å²) in [5, 5.41) is 8.01. The molecule has 1 saturated heterocycles. The number of hydrogen-bond acceptors (Lipinski definition) is 7. The number of anilines is 1. The molecule has 226 valence electrons. The number of likely N-dealkylation sites (tertiary alicyclic amines) is 1. The number of nitrogens with one attached hydrogen (secondary N) is 3. The monoisotopic (exact) mass is 572 g/mol. The fourth-order valence-corrected chi connectivity index (χ4v) is 4.31. The van der Waals surface area contributed by atoms with Crippen LogP contribution in [0.15, 0.2) is 24.3 Å². The number of hydrogen-bond donors (Lipinski definition) is 3. The van der Waals surface area contributed by atoms with Crippen molar-refractivity contribution in [1.29, 1.82) is 0 Å². The van der Waals surface area contributed by atoms with Crippen molar-refractivity contribution in [2.75, 3.05) is 18.4 Å². The minimum atomic E-state index is -0.797. The molecule has 1 heterocycles. The Hall–Kier alpha value is -3.76. The maximum absolute atomic E-state index is 12.7. The van der Waals surface area contributed by atoms with Crippen LogP contribution in [0.3, 0.4) is 0 Å². The van der Waals surface area contributed by atoms with E-state index in [2.05, 4.69) is 16.0 Å². The van der Waals surface area contributed by atoms with Crippen molar-refractivity contribution in [3.05, 3.63) is 29.8 Å². The minimum Gasteiger partial charge on any atom is -0.461 e. The predicted octanol–water partition coefficient (Wildman–Crippen LogP) is 2.93. The van der Waals surface area contributed by atoms with E-state index >= 15 is 0 Å². The number of ether oxygens (including phenoxy) is 1. The van der Waals surface area contributed by atoms with Crippen LogP contribution in [0.25, 0.3) is 0 Å². The molecule has 11 nitrogen and oxygen atoms in total. The van der Waals surface area contributed by atoms with Crippen LogP contribution >= 0.6 is 0 Å². The van der Waals surface area contributed by atoms with Gasteiger partial charge in [-0.05, 0) is 42.9 Å². The van der Waals surface area contributed by atoms with Gasteiger partial charge in [0.05, 0.1) is 12.5 Å². The van der Waals surface area contributed by atoms with Crippen LogP contribution in [-0.2, 0) is 40.1 Å². The van der Waals surface area contributed by atoms with Gasteiger partial charge in [0.25, 0.3) is 0 Å².